The molecule has 0 heterocycles. The van der Waals surface area contributed by atoms with Crippen LogP contribution in [0, 0.1) is 25.1 Å². The first-order valence-electron chi connectivity index (χ1n) is 6.45. The van der Waals surface area contributed by atoms with Gasteiger partial charge in [-0.3, -0.25) is 0 Å². The van der Waals surface area contributed by atoms with E-state index in [1.165, 1.54) is 6.07 Å². The Hall–Kier alpha value is -1.99. The fourth-order valence-electron chi connectivity index (χ4n) is 1.94. The molecule has 21 heavy (non-hydrogen) atoms. The minimum absolute atomic E-state index is 0.225. The molecule has 0 fully saturated rings. The van der Waals surface area contributed by atoms with Crippen molar-refractivity contribution in [2.45, 2.75) is 13.5 Å². The Morgan fingerprint density at radius 3 is 2.86 bits per heavy atom. The maximum absolute atomic E-state index is 13.6. The molecular weight excluding hydrogens is 333 g/mol. The highest BCUT2D eigenvalue weighted by molar-refractivity contribution is 9.10. The van der Waals surface area contributed by atoms with Crippen molar-refractivity contribution in [1.29, 1.82) is 0 Å². The Labute approximate surface area is 132 Å². The molecule has 0 radical (unpaired) electrons. The monoisotopic (exact) mass is 347 g/mol. The highest BCUT2D eigenvalue weighted by Gasteiger charge is 2.07. The lowest BCUT2D eigenvalue weighted by Gasteiger charge is -2.13. The number of anilines is 1. The lowest BCUT2D eigenvalue weighted by atomic mass is 10.1. The summed E-state index contributed by atoms with van der Waals surface area (Å²) in [7, 11) is 0. The third-order valence-electron chi connectivity index (χ3n) is 3.02. The highest BCUT2D eigenvalue weighted by Crippen LogP contribution is 2.25. The van der Waals surface area contributed by atoms with Crippen LogP contribution < -0.4 is 10.1 Å². The van der Waals surface area contributed by atoms with E-state index in [-0.39, 0.29) is 12.4 Å². The van der Waals surface area contributed by atoms with Gasteiger partial charge in [0, 0.05) is 17.8 Å². The molecule has 0 saturated heterocycles. The Morgan fingerprint density at radius 1 is 1.33 bits per heavy atom. The van der Waals surface area contributed by atoms with Gasteiger partial charge in [0.05, 0.1) is 4.47 Å². The summed E-state index contributed by atoms with van der Waals surface area (Å²) < 4.78 is 19.5. The summed E-state index contributed by atoms with van der Waals surface area (Å²) in [5, 5.41) is 3.22. The van der Waals surface area contributed by atoms with Crippen LogP contribution in [0.25, 0.3) is 0 Å². The molecule has 1 N–H and O–H groups in total. The van der Waals surface area contributed by atoms with E-state index in [4.69, 9.17) is 11.2 Å². The van der Waals surface area contributed by atoms with Crippen LogP contribution in [0.5, 0.6) is 5.75 Å². The Bertz CT molecular complexity index is 679. The van der Waals surface area contributed by atoms with Crippen molar-refractivity contribution in [3.8, 4) is 18.1 Å². The van der Waals surface area contributed by atoms with E-state index in [9.17, 15) is 4.39 Å². The third kappa shape index (κ3) is 3.99. The summed E-state index contributed by atoms with van der Waals surface area (Å²) >= 11 is 3.17. The number of terminal acetylenes is 1. The van der Waals surface area contributed by atoms with Crippen LogP contribution in [0.15, 0.2) is 40.9 Å². The van der Waals surface area contributed by atoms with Crippen molar-refractivity contribution in [3.63, 3.8) is 0 Å². The molecule has 0 bridgehead atoms. The lowest BCUT2D eigenvalue weighted by Crippen LogP contribution is -2.05. The topological polar surface area (TPSA) is 21.3 Å². The summed E-state index contributed by atoms with van der Waals surface area (Å²) in [4.78, 5) is 0. The summed E-state index contributed by atoms with van der Waals surface area (Å²) in [6.07, 6.45) is 5.21. The van der Waals surface area contributed by atoms with Crippen molar-refractivity contribution < 1.29 is 9.13 Å². The second-order valence-corrected chi connectivity index (χ2v) is 5.39. The fourth-order valence-corrected chi connectivity index (χ4v) is 2.40. The van der Waals surface area contributed by atoms with E-state index in [0.717, 1.165) is 22.6 Å². The van der Waals surface area contributed by atoms with Crippen molar-refractivity contribution in [1.82, 2.24) is 0 Å². The van der Waals surface area contributed by atoms with Gasteiger partial charge >= 0.3 is 0 Å². The zero-order valence-corrected chi connectivity index (χ0v) is 13.2. The predicted octanol–water partition coefficient (Wildman–Crippen LogP) is 4.52. The van der Waals surface area contributed by atoms with Gasteiger partial charge in [-0.15, -0.1) is 6.42 Å². The minimum atomic E-state index is -0.292. The summed E-state index contributed by atoms with van der Waals surface area (Å²) in [6, 6.07) is 10.9. The number of ether oxygens (including phenoxy) is 1. The summed E-state index contributed by atoms with van der Waals surface area (Å²) in [5.74, 6) is 2.89. The van der Waals surface area contributed by atoms with Crippen LogP contribution >= 0.6 is 15.9 Å². The molecule has 4 heteroatoms. The summed E-state index contributed by atoms with van der Waals surface area (Å²) in [5.41, 5.74) is 2.68. The van der Waals surface area contributed by atoms with Crippen LogP contribution in [0.2, 0.25) is 0 Å². The van der Waals surface area contributed by atoms with E-state index >= 15 is 0 Å². The van der Waals surface area contributed by atoms with E-state index in [1.54, 1.807) is 6.07 Å². The maximum Gasteiger partial charge on any atom is 0.148 e. The Balaban J connectivity index is 2.13. The number of nitrogens with one attached hydrogen (secondary N) is 1. The second kappa shape index (κ2) is 7.14. The van der Waals surface area contributed by atoms with Crippen molar-refractivity contribution in [3.05, 3.63) is 57.8 Å². The number of benzene rings is 2. The van der Waals surface area contributed by atoms with Crippen LogP contribution in [0.1, 0.15) is 11.1 Å². The fraction of sp³-hybridized carbons (Fsp3) is 0.176. The SMILES string of the molecule is C#CCOc1ccccc1CNc1cc(F)c(Br)cc1C. The molecule has 108 valence electrons. The van der Waals surface area contributed by atoms with Crippen molar-refractivity contribution in [2.24, 2.45) is 0 Å². The van der Waals surface area contributed by atoms with Crippen molar-refractivity contribution >= 4 is 21.6 Å². The smallest absolute Gasteiger partial charge is 0.148 e. The number of hydrogen-bond acceptors (Lipinski definition) is 2. The minimum Gasteiger partial charge on any atom is -0.481 e. The number of para-hydroxylation sites is 1. The van der Waals surface area contributed by atoms with Gasteiger partial charge in [0.1, 0.15) is 18.2 Å². The Morgan fingerprint density at radius 2 is 2.10 bits per heavy atom. The molecular formula is C17H15BrFNO. The van der Waals surface area contributed by atoms with Gasteiger partial charge in [0.2, 0.25) is 0 Å². The molecule has 0 aliphatic rings. The van der Waals surface area contributed by atoms with E-state index in [0.29, 0.717) is 11.0 Å². The average molecular weight is 348 g/mol. The highest BCUT2D eigenvalue weighted by atomic mass is 79.9. The lowest BCUT2D eigenvalue weighted by molar-refractivity contribution is 0.366. The van der Waals surface area contributed by atoms with Gasteiger partial charge < -0.3 is 10.1 Å². The third-order valence-corrected chi connectivity index (χ3v) is 3.63. The average Bonchev–Trinajstić information content (AvgIpc) is 2.48. The molecule has 0 saturated carbocycles. The summed E-state index contributed by atoms with van der Waals surface area (Å²) in [6.45, 7) is 2.68. The van der Waals surface area contributed by atoms with Gasteiger partial charge in [-0.25, -0.2) is 4.39 Å². The van der Waals surface area contributed by atoms with Crippen LogP contribution in [0.4, 0.5) is 10.1 Å². The number of halogens is 2. The first-order chi connectivity index (χ1) is 10.1. The van der Waals surface area contributed by atoms with Gasteiger partial charge in [-0.2, -0.15) is 0 Å². The normalized spacial score (nSPS) is 10.0. The molecule has 0 unspecified atom stereocenters. The van der Waals surface area contributed by atoms with Crippen LogP contribution in [0.3, 0.4) is 0 Å². The molecule has 0 atom stereocenters. The van der Waals surface area contributed by atoms with Gasteiger partial charge in [0.25, 0.3) is 0 Å². The standard InChI is InChI=1S/C17H15BrFNO/c1-3-8-21-17-7-5-4-6-13(17)11-20-16-10-15(19)14(18)9-12(16)2/h1,4-7,9-10,20H,8,11H2,2H3. The molecule has 2 rings (SSSR count). The molecule has 2 nitrogen and oxygen atoms in total. The molecule has 0 spiro atoms. The van der Waals surface area contributed by atoms with Crippen LogP contribution in [-0.4, -0.2) is 6.61 Å². The number of aryl methyl sites for hydroxylation is 1. The largest absolute Gasteiger partial charge is 0.481 e. The van der Waals surface area contributed by atoms with Crippen molar-refractivity contribution in [2.75, 3.05) is 11.9 Å². The molecule has 0 aliphatic heterocycles. The molecule has 0 aromatic heterocycles. The predicted molar refractivity (Wildman–Crippen MR) is 86.9 cm³/mol. The zero-order valence-electron chi connectivity index (χ0n) is 11.6. The van der Waals surface area contributed by atoms with Gasteiger partial charge in [-0.05, 0) is 46.6 Å². The maximum atomic E-state index is 13.6. The van der Waals surface area contributed by atoms with Gasteiger partial charge in [-0.1, -0.05) is 24.1 Å². The van der Waals surface area contributed by atoms with Crippen LogP contribution in [-0.2, 0) is 6.54 Å². The number of rotatable bonds is 5. The zero-order chi connectivity index (χ0) is 15.2. The molecule has 0 aliphatic carbocycles. The molecule has 0 amide bonds. The first kappa shape index (κ1) is 15.4. The van der Waals surface area contributed by atoms with E-state index in [1.807, 2.05) is 31.2 Å². The quantitative estimate of drug-likeness (QED) is 0.802. The molecule has 2 aromatic rings. The second-order valence-electron chi connectivity index (χ2n) is 4.54. The Kier molecular flexibility index (Phi) is 5.24. The molecule has 2 aromatic carbocycles. The van der Waals surface area contributed by atoms with E-state index in [2.05, 4.69) is 27.2 Å². The first-order valence-corrected chi connectivity index (χ1v) is 7.25. The van der Waals surface area contributed by atoms with Gasteiger partial charge in [0.15, 0.2) is 0 Å². The number of hydrogen-bond donors (Lipinski definition) is 1. The van der Waals surface area contributed by atoms with E-state index < -0.39 is 0 Å².